The average molecular weight is 311 g/mol. The fourth-order valence-corrected chi connectivity index (χ4v) is 3.16. The van der Waals surface area contributed by atoms with Crippen LogP contribution in [0.15, 0.2) is 12.3 Å². The highest BCUT2D eigenvalue weighted by Gasteiger charge is 2.33. The van der Waals surface area contributed by atoms with Crippen molar-refractivity contribution >= 4 is 23.5 Å². The molecule has 2 aliphatic rings. The van der Waals surface area contributed by atoms with E-state index < -0.39 is 0 Å². The van der Waals surface area contributed by atoms with Crippen molar-refractivity contribution in [1.82, 2.24) is 9.47 Å². The minimum Gasteiger partial charge on any atom is -0.469 e. The molecule has 1 aromatic rings. The van der Waals surface area contributed by atoms with Crippen LogP contribution in [0.2, 0.25) is 5.02 Å². The maximum atomic E-state index is 12.7. The van der Waals surface area contributed by atoms with Gasteiger partial charge in [0.1, 0.15) is 5.69 Å². The molecule has 1 saturated carbocycles. The molecule has 0 N–H and O–H groups in total. The van der Waals surface area contributed by atoms with Crippen LogP contribution in [-0.2, 0) is 9.53 Å². The third-order valence-corrected chi connectivity index (χ3v) is 4.42. The molecule has 3 rings (SSSR count). The predicted molar refractivity (Wildman–Crippen MR) is 78.4 cm³/mol. The van der Waals surface area contributed by atoms with Gasteiger partial charge in [-0.1, -0.05) is 11.6 Å². The summed E-state index contributed by atoms with van der Waals surface area (Å²) in [6, 6.07) is 2.13. The summed E-state index contributed by atoms with van der Waals surface area (Å²) in [5, 5.41) is 0.590. The summed E-state index contributed by atoms with van der Waals surface area (Å²) in [7, 11) is 1.39. The van der Waals surface area contributed by atoms with E-state index in [1.165, 1.54) is 7.11 Å². The lowest BCUT2D eigenvalue weighted by Crippen LogP contribution is -2.43. The maximum absolute atomic E-state index is 12.7. The Kier molecular flexibility index (Phi) is 3.93. The van der Waals surface area contributed by atoms with Crippen molar-refractivity contribution in [2.45, 2.75) is 31.7 Å². The van der Waals surface area contributed by atoms with Crippen LogP contribution in [0.3, 0.4) is 0 Å². The summed E-state index contributed by atoms with van der Waals surface area (Å²) in [6.45, 7) is 1.11. The topological polar surface area (TPSA) is 51.5 Å². The number of carbonyl (C=O) groups is 2. The van der Waals surface area contributed by atoms with Crippen molar-refractivity contribution in [3.05, 3.63) is 23.0 Å². The van der Waals surface area contributed by atoms with Gasteiger partial charge >= 0.3 is 5.97 Å². The van der Waals surface area contributed by atoms with Gasteiger partial charge in [0.05, 0.1) is 18.1 Å². The molecule has 2 heterocycles. The largest absolute Gasteiger partial charge is 0.469 e. The van der Waals surface area contributed by atoms with Gasteiger partial charge in [-0.3, -0.25) is 9.59 Å². The average Bonchev–Trinajstić information content (AvgIpc) is 3.28. The van der Waals surface area contributed by atoms with Gasteiger partial charge in [0, 0.05) is 25.3 Å². The molecule has 0 radical (unpaired) electrons. The number of methoxy groups -OCH3 is 1. The minimum absolute atomic E-state index is 0.0394. The Hall–Kier alpha value is -1.49. The van der Waals surface area contributed by atoms with Crippen molar-refractivity contribution in [3.8, 4) is 0 Å². The Labute approximate surface area is 128 Å². The van der Waals surface area contributed by atoms with Crippen LogP contribution >= 0.6 is 11.6 Å². The molecule has 1 atom stereocenters. The molecule has 6 heteroatoms. The number of ether oxygens (including phenoxy) is 1. The van der Waals surface area contributed by atoms with Crippen LogP contribution < -0.4 is 0 Å². The summed E-state index contributed by atoms with van der Waals surface area (Å²) < 4.78 is 6.77. The summed E-state index contributed by atoms with van der Waals surface area (Å²) >= 11 is 6.06. The Bertz CT molecular complexity index is 565. The first-order valence-corrected chi connectivity index (χ1v) is 7.72. The summed E-state index contributed by atoms with van der Waals surface area (Å²) in [4.78, 5) is 26.1. The highest BCUT2D eigenvalue weighted by atomic mass is 35.5. The molecule has 0 aromatic carbocycles. The van der Waals surface area contributed by atoms with Crippen molar-refractivity contribution < 1.29 is 14.3 Å². The van der Waals surface area contributed by atoms with Gasteiger partial charge in [0.25, 0.3) is 5.91 Å². The van der Waals surface area contributed by atoms with Crippen LogP contribution in [0.4, 0.5) is 0 Å². The molecule has 1 aromatic heterocycles. The minimum atomic E-state index is -0.233. The third-order valence-electron chi connectivity index (χ3n) is 4.22. The molecule has 1 unspecified atom stereocenters. The zero-order chi connectivity index (χ0) is 15.0. The SMILES string of the molecule is COC(=O)C1CCCN(C(=O)c2cc(Cl)cn2C2CC2)C1. The van der Waals surface area contributed by atoms with Gasteiger partial charge in [0.2, 0.25) is 0 Å². The van der Waals surface area contributed by atoms with Gasteiger partial charge in [-0.2, -0.15) is 0 Å². The van der Waals surface area contributed by atoms with E-state index in [4.69, 9.17) is 16.3 Å². The molecular weight excluding hydrogens is 292 g/mol. The van der Waals surface area contributed by atoms with E-state index in [-0.39, 0.29) is 17.8 Å². The molecule has 1 aliphatic heterocycles. The van der Waals surface area contributed by atoms with E-state index in [0.717, 1.165) is 25.7 Å². The van der Waals surface area contributed by atoms with Crippen molar-refractivity contribution in [2.24, 2.45) is 5.92 Å². The smallest absolute Gasteiger partial charge is 0.310 e. The highest BCUT2D eigenvalue weighted by molar-refractivity contribution is 6.31. The number of esters is 1. The quantitative estimate of drug-likeness (QED) is 0.806. The first-order valence-electron chi connectivity index (χ1n) is 7.34. The van der Waals surface area contributed by atoms with Gasteiger partial charge in [-0.05, 0) is 31.7 Å². The Morgan fingerprint density at radius 2 is 2.10 bits per heavy atom. The van der Waals surface area contributed by atoms with Crippen LogP contribution in [0.25, 0.3) is 0 Å². The molecule has 114 valence electrons. The molecule has 21 heavy (non-hydrogen) atoms. The zero-order valence-corrected chi connectivity index (χ0v) is 12.8. The lowest BCUT2D eigenvalue weighted by Gasteiger charge is -2.31. The number of nitrogens with zero attached hydrogens (tertiary/aromatic N) is 2. The number of hydrogen-bond donors (Lipinski definition) is 0. The molecule has 1 saturated heterocycles. The van der Waals surface area contributed by atoms with E-state index in [9.17, 15) is 9.59 Å². The summed E-state index contributed by atoms with van der Waals surface area (Å²) in [5.74, 6) is -0.488. The fourth-order valence-electron chi connectivity index (χ4n) is 2.95. The summed E-state index contributed by atoms with van der Waals surface area (Å²) in [6.07, 6.45) is 5.62. The molecule has 1 aliphatic carbocycles. The Morgan fingerprint density at radius 1 is 1.33 bits per heavy atom. The van der Waals surface area contributed by atoms with E-state index in [1.807, 2.05) is 10.8 Å². The highest BCUT2D eigenvalue weighted by Crippen LogP contribution is 2.38. The summed E-state index contributed by atoms with van der Waals surface area (Å²) in [5.41, 5.74) is 0.632. The second-order valence-electron chi connectivity index (χ2n) is 5.80. The lowest BCUT2D eigenvalue weighted by molar-refractivity contribution is -0.146. The monoisotopic (exact) mass is 310 g/mol. The van der Waals surface area contributed by atoms with E-state index in [2.05, 4.69) is 0 Å². The number of likely N-dealkylation sites (tertiary alicyclic amines) is 1. The van der Waals surface area contributed by atoms with Crippen molar-refractivity contribution in [2.75, 3.05) is 20.2 Å². The molecule has 2 fully saturated rings. The maximum Gasteiger partial charge on any atom is 0.310 e. The molecule has 1 amide bonds. The normalized spacial score (nSPS) is 22.2. The second kappa shape index (κ2) is 5.72. The van der Waals surface area contributed by atoms with Gasteiger partial charge in [-0.25, -0.2) is 0 Å². The first kappa shape index (κ1) is 14.4. The van der Waals surface area contributed by atoms with E-state index in [0.29, 0.717) is 29.8 Å². The number of hydrogen-bond acceptors (Lipinski definition) is 3. The number of halogens is 1. The van der Waals surface area contributed by atoms with Crippen LogP contribution in [-0.4, -0.2) is 41.5 Å². The number of piperidine rings is 1. The zero-order valence-electron chi connectivity index (χ0n) is 12.0. The third kappa shape index (κ3) is 2.93. The Balaban J connectivity index is 1.77. The number of rotatable bonds is 3. The van der Waals surface area contributed by atoms with Crippen molar-refractivity contribution in [1.29, 1.82) is 0 Å². The standard InChI is InChI=1S/C15H19ClN2O3/c1-21-15(20)10-3-2-6-17(8-10)14(19)13-7-11(16)9-18(13)12-4-5-12/h7,9-10,12H,2-6,8H2,1H3. The van der Waals surface area contributed by atoms with Crippen LogP contribution in [0.1, 0.15) is 42.2 Å². The van der Waals surface area contributed by atoms with Gasteiger partial charge in [-0.15, -0.1) is 0 Å². The van der Waals surface area contributed by atoms with E-state index >= 15 is 0 Å². The predicted octanol–water partition coefficient (Wildman–Crippen LogP) is 2.50. The number of carbonyl (C=O) groups excluding carboxylic acids is 2. The van der Waals surface area contributed by atoms with Crippen LogP contribution in [0.5, 0.6) is 0 Å². The van der Waals surface area contributed by atoms with Crippen molar-refractivity contribution in [3.63, 3.8) is 0 Å². The molecular formula is C15H19ClN2O3. The Morgan fingerprint density at radius 3 is 2.76 bits per heavy atom. The number of amides is 1. The van der Waals surface area contributed by atoms with Gasteiger partial charge < -0.3 is 14.2 Å². The van der Waals surface area contributed by atoms with E-state index in [1.54, 1.807) is 11.0 Å². The molecule has 5 nitrogen and oxygen atoms in total. The van der Waals surface area contributed by atoms with Gasteiger partial charge in [0.15, 0.2) is 0 Å². The molecule has 0 bridgehead atoms. The number of aromatic nitrogens is 1. The van der Waals surface area contributed by atoms with Crippen LogP contribution in [0, 0.1) is 5.92 Å². The first-order chi connectivity index (χ1) is 10.1. The lowest BCUT2D eigenvalue weighted by atomic mass is 9.98. The molecule has 0 spiro atoms. The second-order valence-corrected chi connectivity index (χ2v) is 6.23. The fraction of sp³-hybridized carbons (Fsp3) is 0.600.